The van der Waals surface area contributed by atoms with Crippen molar-refractivity contribution in [2.24, 2.45) is 4.99 Å². The number of anilines is 1. The quantitative estimate of drug-likeness (QED) is 0.385. The molecule has 0 unspecified atom stereocenters. The number of piperidine rings is 1. The van der Waals surface area contributed by atoms with Crippen molar-refractivity contribution < 1.29 is 4.74 Å². The first-order chi connectivity index (χ1) is 14.7. The monoisotopic (exact) mass is 435 g/mol. The summed E-state index contributed by atoms with van der Waals surface area (Å²) in [6.07, 6.45) is 3.70. The van der Waals surface area contributed by atoms with Crippen molar-refractivity contribution in [1.82, 2.24) is 15.1 Å². The van der Waals surface area contributed by atoms with E-state index in [1.54, 1.807) is 0 Å². The number of guanidine groups is 1. The van der Waals surface area contributed by atoms with Crippen LogP contribution in [-0.4, -0.2) is 87.4 Å². The van der Waals surface area contributed by atoms with E-state index in [1.807, 2.05) is 12.1 Å². The van der Waals surface area contributed by atoms with Crippen LogP contribution in [0.15, 0.2) is 29.3 Å². The molecule has 2 aliphatic heterocycles. The van der Waals surface area contributed by atoms with Crippen LogP contribution in [0.2, 0.25) is 5.02 Å². The van der Waals surface area contributed by atoms with E-state index >= 15 is 0 Å². The van der Waals surface area contributed by atoms with E-state index in [2.05, 4.69) is 46.0 Å². The van der Waals surface area contributed by atoms with Crippen LogP contribution in [0.3, 0.4) is 0 Å². The lowest BCUT2D eigenvalue weighted by Crippen LogP contribution is -2.47. The van der Waals surface area contributed by atoms with Gasteiger partial charge in [0.1, 0.15) is 0 Å². The number of aliphatic imine (C=N–C) groups is 1. The molecule has 2 heterocycles. The van der Waals surface area contributed by atoms with Gasteiger partial charge >= 0.3 is 0 Å². The first kappa shape index (κ1) is 23.2. The number of nitrogens with zero attached hydrogens (tertiary/aromatic N) is 4. The number of hydrogen-bond acceptors (Lipinski definition) is 4. The number of likely N-dealkylation sites (tertiary alicyclic amines) is 1. The first-order valence-corrected chi connectivity index (χ1v) is 11.9. The lowest BCUT2D eigenvalue weighted by molar-refractivity contribution is 0.0264. The minimum atomic E-state index is 0.416. The summed E-state index contributed by atoms with van der Waals surface area (Å²) >= 11 is 6.14. The molecule has 2 fully saturated rings. The van der Waals surface area contributed by atoms with Crippen molar-refractivity contribution in [3.8, 4) is 0 Å². The molecule has 6 nitrogen and oxygen atoms in total. The summed E-state index contributed by atoms with van der Waals surface area (Å²) < 4.78 is 5.78. The predicted molar refractivity (Wildman–Crippen MR) is 127 cm³/mol. The largest absolute Gasteiger partial charge is 0.378 e. The van der Waals surface area contributed by atoms with Gasteiger partial charge in [-0.25, -0.2) is 0 Å². The third-order valence-electron chi connectivity index (χ3n) is 5.92. The summed E-state index contributed by atoms with van der Waals surface area (Å²) in [5.74, 6) is 1.07. The third-order valence-corrected chi connectivity index (χ3v) is 6.15. The number of rotatable bonds is 8. The summed E-state index contributed by atoms with van der Waals surface area (Å²) in [6, 6.07) is 8.18. The normalized spacial score (nSPS) is 19.4. The highest BCUT2D eigenvalue weighted by Crippen LogP contribution is 2.20. The van der Waals surface area contributed by atoms with Gasteiger partial charge in [-0.3, -0.25) is 9.89 Å². The van der Waals surface area contributed by atoms with Gasteiger partial charge < -0.3 is 19.9 Å². The van der Waals surface area contributed by atoms with Crippen molar-refractivity contribution in [2.45, 2.75) is 39.2 Å². The van der Waals surface area contributed by atoms with Gasteiger partial charge in [-0.15, -0.1) is 0 Å². The zero-order chi connectivity index (χ0) is 21.2. The van der Waals surface area contributed by atoms with Crippen LogP contribution in [0.4, 0.5) is 5.69 Å². The van der Waals surface area contributed by atoms with Crippen molar-refractivity contribution in [2.75, 3.05) is 70.4 Å². The SMILES string of the molecule is CCNC(=NCCCN1CCN(c2cccc(Cl)c2)CC1)N1CCC(OCC)CC1. The molecule has 2 aliphatic rings. The summed E-state index contributed by atoms with van der Waals surface area (Å²) in [5, 5.41) is 4.28. The first-order valence-electron chi connectivity index (χ1n) is 11.6. The topological polar surface area (TPSA) is 43.3 Å². The van der Waals surface area contributed by atoms with Crippen LogP contribution < -0.4 is 10.2 Å². The second kappa shape index (κ2) is 12.4. The Labute approximate surface area is 187 Å². The Morgan fingerprint density at radius 3 is 2.57 bits per heavy atom. The average molecular weight is 436 g/mol. The van der Waals surface area contributed by atoms with Gasteiger partial charge in [0.15, 0.2) is 5.96 Å². The highest BCUT2D eigenvalue weighted by atomic mass is 35.5. The van der Waals surface area contributed by atoms with Gasteiger partial charge in [0.2, 0.25) is 0 Å². The van der Waals surface area contributed by atoms with Crippen molar-refractivity contribution in [3.63, 3.8) is 0 Å². The average Bonchev–Trinajstić information content (AvgIpc) is 2.77. The van der Waals surface area contributed by atoms with E-state index in [-0.39, 0.29) is 0 Å². The lowest BCUT2D eigenvalue weighted by Gasteiger charge is -2.36. The summed E-state index contributed by atoms with van der Waals surface area (Å²) in [4.78, 5) is 12.3. The summed E-state index contributed by atoms with van der Waals surface area (Å²) in [5.41, 5.74) is 1.23. The van der Waals surface area contributed by atoms with Crippen molar-refractivity contribution in [1.29, 1.82) is 0 Å². The van der Waals surface area contributed by atoms with Gasteiger partial charge in [-0.2, -0.15) is 0 Å². The molecule has 0 atom stereocenters. The number of hydrogen-bond donors (Lipinski definition) is 1. The van der Waals surface area contributed by atoms with Gasteiger partial charge in [0, 0.05) is 76.2 Å². The van der Waals surface area contributed by atoms with E-state index in [0.717, 1.165) is 95.8 Å². The molecule has 0 amide bonds. The van der Waals surface area contributed by atoms with E-state index in [1.165, 1.54) is 5.69 Å². The number of ether oxygens (including phenoxy) is 1. The summed E-state index contributed by atoms with van der Waals surface area (Å²) in [7, 11) is 0. The highest BCUT2D eigenvalue weighted by Gasteiger charge is 2.21. The molecule has 0 bridgehead atoms. The van der Waals surface area contributed by atoms with Gasteiger partial charge in [-0.1, -0.05) is 17.7 Å². The number of piperazine rings is 1. The van der Waals surface area contributed by atoms with Crippen LogP contribution in [0.1, 0.15) is 33.1 Å². The zero-order valence-corrected chi connectivity index (χ0v) is 19.4. The molecular weight excluding hydrogens is 398 g/mol. The van der Waals surface area contributed by atoms with E-state index in [9.17, 15) is 0 Å². The van der Waals surface area contributed by atoms with Crippen molar-refractivity contribution in [3.05, 3.63) is 29.3 Å². The Morgan fingerprint density at radius 1 is 1.13 bits per heavy atom. The lowest BCUT2D eigenvalue weighted by atomic mass is 10.1. The fraction of sp³-hybridized carbons (Fsp3) is 0.696. The standard InChI is InChI=1S/C23H38ClN5O/c1-3-25-23(29-13-9-22(10-14-29)30-4-2)26-11-6-12-27-15-17-28(18-16-27)21-8-5-7-20(24)19-21/h5,7-8,19,22H,3-4,6,9-18H2,1-2H3,(H,25,26). The maximum absolute atomic E-state index is 6.14. The van der Waals surface area contributed by atoms with Gasteiger partial charge in [-0.05, 0) is 51.3 Å². The number of halogens is 1. The molecule has 0 radical (unpaired) electrons. The maximum atomic E-state index is 6.14. The second-order valence-corrected chi connectivity index (χ2v) is 8.48. The minimum absolute atomic E-state index is 0.416. The fourth-order valence-corrected chi connectivity index (χ4v) is 4.46. The summed E-state index contributed by atoms with van der Waals surface area (Å²) in [6.45, 7) is 14.3. The molecule has 168 valence electrons. The Kier molecular flexibility index (Phi) is 9.56. The minimum Gasteiger partial charge on any atom is -0.378 e. The molecule has 30 heavy (non-hydrogen) atoms. The third kappa shape index (κ3) is 7.03. The van der Waals surface area contributed by atoms with Crippen LogP contribution in [-0.2, 0) is 4.74 Å². The predicted octanol–water partition coefficient (Wildman–Crippen LogP) is 3.32. The Balaban J connectivity index is 1.38. The fourth-order valence-electron chi connectivity index (χ4n) is 4.28. The second-order valence-electron chi connectivity index (χ2n) is 8.04. The Morgan fingerprint density at radius 2 is 1.90 bits per heavy atom. The maximum Gasteiger partial charge on any atom is 0.193 e. The van der Waals surface area contributed by atoms with Crippen LogP contribution in [0.25, 0.3) is 0 Å². The molecule has 1 aromatic rings. The zero-order valence-electron chi connectivity index (χ0n) is 18.7. The molecular formula is C23H38ClN5O. The Hall–Kier alpha value is -1.50. The van der Waals surface area contributed by atoms with Gasteiger partial charge in [0.05, 0.1) is 6.10 Å². The smallest absolute Gasteiger partial charge is 0.193 e. The van der Waals surface area contributed by atoms with Crippen LogP contribution in [0, 0.1) is 0 Å². The van der Waals surface area contributed by atoms with Crippen molar-refractivity contribution >= 4 is 23.2 Å². The number of benzene rings is 1. The van der Waals surface area contributed by atoms with E-state index in [0.29, 0.717) is 6.10 Å². The molecule has 1 N–H and O–H groups in total. The highest BCUT2D eigenvalue weighted by molar-refractivity contribution is 6.30. The molecule has 0 aliphatic carbocycles. The van der Waals surface area contributed by atoms with Crippen LogP contribution in [0.5, 0.6) is 0 Å². The molecule has 0 aromatic heterocycles. The molecule has 2 saturated heterocycles. The molecule has 1 aromatic carbocycles. The van der Waals surface area contributed by atoms with Gasteiger partial charge in [0.25, 0.3) is 0 Å². The molecule has 0 saturated carbocycles. The van der Waals surface area contributed by atoms with Crippen LogP contribution >= 0.6 is 11.6 Å². The number of nitrogens with one attached hydrogen (secondary N) is 1. The molecule has 0 spiro atoms. The molecule has 3 rings (SSSR count). The van der Waals surface area contributed by atoms with E-state index in [4.69, 9.17) is 21.3 Å². The molecule has 7 heteroatoms. The van der Waals surface area contributed by atoms with E-state index < -0.39 is 0 Å². The Bertz CT molecular complexity index is 655.